The predicted molar refractivity (Wildman–Crippen MR) is 89.6 cm³/mol. The van der Waals surface area contributed by atoms with Crippen molar-refractivity contribution in [3.8, 4) is 0 Å². The maximum absolute atomic E-state index is 12.8. The number of rotatable bonds is 4. The van der Waals surface area contributed by atoms with Crippen molar-refractivity contribution in [1.29, 1.82) is 0 Å². The summed E-state index contributed by atoms with van der Waals surface area (Å²) >= 11 is 5.95. The molecule has 122 valence electrons. The van der Waals surface area contributed by atoms with Gasteiger partial charge in [0.1, 0.15) is 6.10 Å². The Morgan fingerprint density at radius 1 is 1.36 bits per heavy atom. The minimum absolute atomic E-state index is 0. The first-order chi connectivity index (χ1) is 10.2. The van der Waals surface area contributed by atoms with Crippen LogP contribution in [0.3, 0.4) is 0 Å². The Morgan fingerprint density at radius 3 is 2.59 bits per heavy atom. The van der Waals surface area contributed by atoms with Crippen LogP contribution in [0.1, 0.15) is 31.4 Å². The summed E-state index contributed by atoms with van der Waals surface area (Å²) in [6.07, 6.45) is 1.82. The molecule has 0 radical (unpaired) electrons. The number of hydrogen-bond donors (Lipinski definition) is 1. The fraction of sp³-hybridized carbons (Fsp3) is 0.562. The van der Waals surface area contributed by atoms with Crippen molar-refractivity contribution in [2.45, 2.75) is 38.0 Å². The molecule has 1 aliphatic heterocycles. The van der Waals surface area contributed by atoms with Crippen LogP contribution in [0.25, 0.3) is 0 Å². The van der Waals surface area contributed by atoms with E-state index in [0.717, 1.165) is 30.0 Å². The third-order valence-electron chi connectivity index (χ3n) is 4.17. The first-order valence-electron chi connectivity index (χ1n) is 7.57. The SMILES string of the molecule is CC(c1ccc(Cl)cc1)N(C(=O)C1CNCCO1)C1CC1.Cl. The molecule has 1 N–H and O–H groups in total. The van der Waals surface area contributed by atoms with Gasteiger partial charge in [-0.15, -0.1) is 12.4 Å². The highest BCUT2D eigenvalue weighted by atomic mass is 35.5. The first kappa shape index (κ1) is 17.5. The van der Waals surface area contributed by atoms with E-state index in [0.29, 0.717) is 19.2 Å². The maximum atomic E-state index is 12.8. The second-order valence-corrected chi connectivity index (χ2v) is 6.20. The number of ether oxygens (including phenoxy) is 1. The number of benzene rings is 1. The molecule has 1 saturated carbocycles. The molecule has 1 aromatic carbocycles. The van der Waals surface area contributed by atoms with Crippen molar-refractivity contribution in [3.05, 3.63) is 34.9 Å². The van der Waals surface area contributed by atoms with E-state index in [9.17, 15) is 4.79 Å². The molecule has 3 rings (SSSR count). The Balaban J connectivity index is 0.00000176. The lowest BCUT2D eigenvalue weighted by atomic mass is 10.1. The number of carbonyl (C=O) groups excluding carboxylic acids is 1. The molecule has 4 nitrogen and oxygen atoms in total. The van der Waals surface area contributed by atoms with E-state index in [1.54, 1.807) is 0 Å². The molecule has 1 saturated heterocycles. The molecule has 6 heteroatoms. The van der Waals surface area contributed by atoms with Gasteiger partial charge in [0.05, 0.1) is 12.6 Å². The molecule has 0 bridgehead atoms. The lowest BCUT2D eigenvalue weighted by Crippen LogP contribution is -2.50. The lowest BCUT2D eigenvalue weighted by Gasteiger charge is -2.34. The summed E-state index contributed by atoms with van der Waals surface area (Å²) in [6, 6.07) is 8.15. The molecular weight excluding hydrogens is 323 g/mol. The van der Waals surface area contributed by atoms with Crippen molar-refractivity contribution in [1.82, 2.24) is 10.2 Å². The van der Waals surface area contributed by atoms with E-state index in [4.69, 9.17) is 16.3 Å². The second kappa shape index (κ2) is 7.64. The molecule has 1 heterocycles. The molecule has 2 atom stereocenters. The summed E-state index contributed by atoms with van der Waals surface area (Å²) in [6.45, 7) is 4.11. The lowest BCUT2D eigenvalue weighted by molar-refractivity contribution is -0.148. The largest absolute Gasteiger partial charge is 0.366 e. The van der Waals surface area contributed by atoms with Crippen molar-refractivity contribution >= 4 is 29.9 Å². The molecule has 0 aromatic heterocycles. The quantitative estimate of drug-likeness (QED) is 0.912. The van der Waals surface area contributed by atoms with Crippen molar-refractivity contribution in [3.63, 3.8) is 0 Å². The highest BCUT2D eigenvalue weighted by Gasteiger charge is 2.39. The zero-order valence-corrected chi connectivity index (χ0v) is 14.2. The van der Waals surface area contributed by atoms with E-state index in [-0.39, 0.29) is 30.5 Å². The molecule has 2 unspecified atom stereocenters. The Labute approximate surface area is 142 Å². The zero-order chi connectivity index (χ0) is 14.8. The highest BCUT2D eigenvalue weighted by Crippen LogP contribution is 2.35. The molecule has 1 aliphatic carbocycles. The Kier molecular flexibility index (Phi) is 6.09. The number of carbonyl (C=O) groups is 1. The standard InChI is InChI=1S/C16H21ClN2O2.ClH/c1-11(12-2-4-13(17)5-3-12)19(14-6-7-14)16(20)15-10-18-8-9-21-15;/h2-5,11,14-15,18H,6-10H2,1H3;1H. The van der Waals surface area contributed by atoms with Crippen LogP contribution in [-0.4, -0.2) is 42.6 Å². The summed E-state index contributed by atoms with van der Waals surface area (Å²) in [4.78, 5) is 14.8. The third kappa shape index (κ3) is 3.93. The van der Waals surface area contributed by atoms with Crippen LogP contribution < -0.4 is 5.32 Å². The summed E-state index contributed by atoms with van der Waals surface area (Å²) in [5.74, 6) is 0.104. The van der Waals surface area contributed by atoms with Crippen LogP contribution in [0.5, 0.6) is 0 Å². The minimum Gasteiger partial charge on any atom is -0.366 e. The predicted octanol–water partition coefficient (Wildman–Crippen LogP) is 2.80. The smallest absolute Gasteiger partial charge is 0.253 e. The summed E-state index contributed by atoms with van der Waals surface area (Å²) in [5, 5.41) is 3.94. The summed E-state index contributed by atoms with van der Waals surface area (Å²) in [5.41, 5.74) is 1.11. The monoisotopic (exact) mass is 344 g/mol. The van der Waals surface area contributed by atoms with Gasteiger partial charge in [0, 0.05) is 24.2 Å². The topological polar surface area (TPSA) is 41.6 Å². The van der Waals surface area contributed by atoms with Gasteiger partial charge in [-0.05, 0) is 37.5 Å². The van der Waals surface area contributed by atoms with E-state index >= 15 is 0 Å². The van der Waals surface area contributed by atoms with Gasteiger partial charge in [-0.3, -0.25) is 4.79 Å². The molecule has 1 amide bonds. The van der Waals surface area contributed by atoms with Crippen LogP contribution in [0.15, 0.2) is 24.3 Å². The van der Waals surface area contributed by atoms with Crippen molar-refractivity contribution in [2.75, 3.05) is 19.7 Å². The molecule has 0 spiro atoms. The number of morpholine rings is 1. The van der Waals surface area contributed by atoms with Gasteiger partial charge in [-0.1, -0.05) is 23.7 Å². The summed E-state index contributed by atoms with van der Waals surface area (Å²) in [7, 11) is 0. The van der Waals surface area contributed by atoms with Crippen LogP contribution in [-0.2, 0) is 9.53 Å². The van der Waals surface area contributed by atoms with Crippen LogP contribution in [0.2, 0.25) is 5.02 Å². The average Bonchev–Trinajstić information content (AvgIpc) is 3.33. The van der Waals surface area contributed by atoms with Gasteiger partial charge in [0.25, 0.3) is 5.91 Å². The van der Waals surface area contributed by atoms with Gasteiger partial charge >= 0.3 is 0 Å². The molecule has 1 aromatic rings. The van der Waals surface area contributed by atoms with Gasteiger partial charge in [0.2, 0.25) is 0 Å². The van der Waals surface area contributed by atoms with Crippen molar-refractivity contribution < 1.29 is 9.53 Å². The molecule has 22 heavy (non-hydrogen) atoms. The average molecular weight is 345 g/mol. The number of nitrogens with zero attached hydrogens (tertiary/aromatic N) is 1. The third-order valence-corrected chi connectivity index (χ3v) is 4.42. The van der Waals surface area contributed by atoms with Crippen molar-refractivity contribution in [2.24, 2.45) is 0 Å². The fourth-order valence-corrected chi connectivity index (χ4v) is 2.96. The van der Waals surface area contributed by atoms with Crippen LogP contribution in [0.4, 0.5) is 0 Å². The minimum atomic E-state index is -0.353. The van der Waals surface area contributed by atoms with Gasteiger partial charge < -0.3 is 15.0 Å². The van der Waals surface area contributed by atoms with E-state index in [2.05, 4.69) is 12.2 Å². The van der Waals surface area contributed by atoms with E-state index in [1.165, 1.54) is 0 Å². The first-order valence-corrected chi connectivity index (χ1v) is 7.94. The van der Waals surface area contributed by atoms with Gasteiger partial charge in [-0.2, -0.15) is 0 Å². The maximum Gasteiger partial charge on any atom is 0.253 e. The number of amides is 1. The van der Waals surface area contributed by atoms with Crippen LogP contribution >= 0.6 is 24.0 Å². The number of halogens is 2. The molecular formula is C16H22Cl2N2O2. The molecule has 2 fully saturated rings. The number of nitrogens with one attached hydrogen (secondary N) is 1. The Hall–Kier alpha value is -0.810. The zero-order valence-electron chi connectivity index (χ0n) is 12.6. The normalized spacial score (nSPS) is 22.5. The Morgan fingerprint density at radius 2 is 2.05 bits per heavy atom. The number of hydrogen-bond acceptors (Lipinski definition) is 3. The van der Waals surface area contributed by atoms with Crippen LogP contribution in [0, 0.1) is 0 Å². The van der Waals surface area contributed by atoms with Gasteiger partial charge in [0.15, 0.2) is 0 Å². The van der Waals surface area contributed by atoms with E-state index < -0.39 is 0 Å². The van der Waals surface area contributed by atoms with Gasteiger partial charge in [-0.25, -0.2) is 0 Å². The fourth-order valence-electron chi connectivity index (χ4n) is 2.83. The Bertz CT molecular complexity index is 499. The summed E-state index contributed by atoms with van der Waals surface area (Å²) < 4.78 is 5.63. The highest BCUT2D eigenvalue weighted by molar-refractivity contribution is 6.30. The molecule has 2 aliphatic rings. The van der Waals surface area contributed by atoms with E-state index in [1.807, 2.05) is 29.2 Å². The second-order valence-electron chi connectivity index (χ2n) is 5.77.